The van der Waals surface area contributed by atoms with Gasteiger partial charge in [-0.1, -0.05) is 6.08 Å². The number of rotatable bonds is 2. The van der Waals surface area contributed by atoms with Gasteiger partial charge < -0.3 is 9.47 Å². The summed E-state index contributed by atoms with van der Waals surface area (Å²) in [5.41, 5.74) is 1.03. The van der Waals surface area contributed by atoms with Crippen LogP contribution in [0.15, 0.2) is 11.6 Å². The second-order valence-corrected chi connectivity index (χ2v) is 4.17. The summed E-state index contributed by atoms with van der Waals surface area (Å²) in [5, 5.41) is 0. The van der Waals surface area contributed by atoms with Crippen molar-refractivity contribution in [3.05, 3.63) is 11.6 Å². The van der Waals surface area contributed by atoms with E-state index in [9.17, 15) is 0 Å². The Balaban J connectivity index is 1.65. The fraction of sp³-hybridized carbons (Fsp3) is 0.818. The lowest BCUT2D eigenvalue weighted by molar-refractivity contribution is -0.431. The molecule has 0 radical (unpaired) electrons. The molecule has 0 aromatic rings. The van der Waals surface area contributed by atoms with Gasteiger partial charge in [0.2, 0.25) is 6.29 Å². The molecular formula is C11H16O6. The second kappa shape index (κ2) is 5.43. The van der Waals surface area contributed by atoms with Gasteiger partial charge in [-0.15, -0.1) is 0 Å². The summed E-state index contributed by atoms with van der Waals surface area (Å²) in [6, 6.07) is 0. The van der Waals surface area contributed by atoms with Crippen LogP contribution in [0.1, 0.15) is 12.8 Å². The molecule has 2 aliphatic heterocycles. The average molecular weight is 244 g/mol. The maximum atomic E-state index is 5.54. The third-order valence-electron chi connectivity index (χ3n) is 3.09. The molecule has 96 valence electrons. The Hall–Kier alpha value is -0.500. The average Bonchev–Trinajstić information content (AvgIpc) is 2.90. The molecule has 0 aromatic carbocycles. The van der Waals surface area contributed by atoms with Crippen LogP contribution in [-0.2, 0) is 29.0 Å². The van der Waals surface area contributed by atoms with Gasteiger partial charge in [0.25, 0.3) is 0 Å². The van der Waals surface area contributed by atoms with E-state index in [1.165, 1.54) is 0 Å². The maximum Gasteiger partial charge on any atom is 0.213 e. The molecular weight excluding hydrogens is 228 g/mol. The zero-order chi connectivity index (χ0) is 11.5. The number of hydrogen-bond donors (Lipinski definition) is 0. The Bertz CT molecular complexity index is 280. The van der Waals surface area contributed by atoms with Crippen LogP contribution in [0.4, 0.5) is 0 Å². The van der Waals surface area contributed by atoms with Gasteiger partial charge in [0.15, 0.2) is 6.29 Å². The molecule has 17 heavy (non-hydrogen) atoms. The molecule has 2 saturated heterocycles. The zero-order valence-electron chi connectivity index (χ0n) is 9.50. The first-order valence-electron chi connectivity index (χ1n) is 5.95. The van der Waals surface area contributed by atoms with Gasteiger partial charge in [0.1, 0.15) is 13.2 Å². The molecule has 0 spiro atoms. The van der Waals surface area contributed by atoms with Crippen molar-refractivity contribution in [3.63, 3.8) is 0 Å². The molecule has 3 aliphatic rings. The van der Waals surface area contributed by atoms with Crippen LogP contribution in [0.5, 0.6) is 0 Å². The molecule has 6 nitrogen and oxygen atoms in total. The van der Waals surface area contributed by atoms with Crippen molar-refractivity contribution in [2.45, 2.75) is 25.4 Å². The highest BCUT2D eigenvalue weighted by Gasteiger charge is 2.37. The van der Waals surface area contributed by atoms with Crippen LogP contribution >= 0.6 is 0 Å². The Morgan fingerprint density at radius 2 is 1.76 bits per heavy atom. The number of allylic oxidation sites excluding steroid dienone is 1. The second-order valence-electron chi connectivity index (χ2n) is 4.17. The molecule has 2 heterocycles. The quantitative estimate of drug-likeness (QED) is 0.532. The zero-order valence-corrected chi connectivity index (χ0v) is 9.50. The molecule has 3 rings (SSSR count). The molecule has 0 amide bonds. The largest absolute Gasteiger partial charge is 0.347 e. The van der Waals surface area contributed by atoms with Gasteiger partial charge >= 0.3 is 0 Å². The normalized spacial score (nSPS) is 39.1. The van der Waals surface area contributed by atoms with Gasteiger partial charge in [-0.05, 0) is 18.4 Å². The summed E-state index contributed by atoms with van der Waals surface area (Å²) in [6.45, 7) is 2.03. The summed E-state index contributed by atoms with van der Waals surface area (Å²) in [7, 11) is 0. The van der Waals surface area contributed by atoms with Crippen molar-refractivity contribution < 1.29 is 29.0 Å². The number of hydrogen-bond acceptors (Lipinski definition) is 6. The van der Waals surface area contributed by atoms with Gasteiger partial charge in [0, 0.05) is 5.92 Å². The molecule has 0 aromatic heterocycles. The third-order valence-corrected chi connectivity index (χ3v) is 3.09. The minimum atomic E-state index is -0.439. The van der Waals surface area contributed by atoms with Crippen molar-refractivity contribution in [1.82, 2.24) is 0 Å². The molecule has 0 N–H and O–H groups in total. The van der Waals surface area contributed by atoms with Crippen molar-refractivity contribution in [2.75, 3.05) is 26.4 Å². The van der Waals surface area contributed by atoms with Gasteiger partial charge in [-0.25, -0.2) is 14.7 Å². The van der Waals surface area contributed by atoms with E-state index in [4.69, 9.17) is 29.0 Å². The van der Waals surface area contributed by atoms with E-state index in [0.717, 1.165) is 18.4 Å². The van der Waals surface area contributed by atoms with Crippen molar-refractivity contribution in [1.29, 1.82) is 0 Å². The molecule has 3 atom stereocenters. The third kappa shape index (κ3) is 2.52. The van der Waals surface area contributed by atoms with E-state index in [1.54, 1.807) is 0 Å². The SMILES string of the molecule is C1=C(C2OCCOO2)C(C2OCCOO2)CC1. The molecule has 2 fully saturated rings. The molecule has 6 heteroatoms. The Morgan fingerprint density at radius 3 is 2.47 bits per heavy atom. The summed E-state index contributed by atoms with van der Waals surface area (Å²) in [5.74, 6) is 0.113. The van der Waals surface area contributed by atoms with Crippen LogP contribution in [0.2, 0.25) is 0 Å². The van der Waals surface area contributed by atoms with E-state index >= 15 is 0 Å². The maximum absolute atomic E-state index is 5.54. The predicted molar refractivity (Wildman–Crippen MR) is 54.4 cm³/mol. The smallest absolute Gasteiger partial charge is 0.213 e. The number of ether oxygens (including phenoxy) is 2. The highest BCUT2D eigenvalue weighted by Crippen LogP contribution is 2.35. The lowest BCUT2D eigenvalue weighted by atomic mass is 10.0. The lowest BCUT2D eigenvalue weighted by Crippen LogP contribution is -2.38. The monoisotopic (exact) mass is 244 g/mol. The van der Waals surface area contributed by atoms with E-state index in [1.807, 2.05) is 0 Å². The van der Waals surface area contributed by atoms with Gasteiger partial charge in [-0.2, -0.15) is 4.89 Å². The fourth-order valence-corrected chi connectivity index (χ4v) is 2.31. The van der Waals surface area contributed by atoms with Gasteiger partial charge in [-0.3, -0.25) is 0 Å². The van der Waals surface area contributed by atoms with E-state index < -0.39 is 6.29 Å². The first kappa shape index (κ1) is 11.6. The first-order valence-corrected chi connectivity index (χ1v) is 5.95. The van der Waals surface area contributed by atoms with E-state index in [0.29, 0.717) is 26.4 Å². The van der Waals surface area contributed by atoms with E-state index in [2.05, 4.69) is 6.08 Å². The topological polar surface area (TPSA) is 55.4 Å². The van der Waals surface area contributed by atoms with Crippen molar-refractivity contribution in [2.24, 2.45) is 5.92 Å². The molecule has 0 bridgehead atoms. The first-order chi connectivity index (χ1) is 8.45. The summed E-state index contributed by atoms with van der Waals surface area (Å²) in [4.78, 5) is 20.2. The van der Waals surface area contributed by atoms with Crippen LogP contribution in [0.3, 0.4) is 0 Å². The molecule has 1 aliphatic carbocycles. The van der Waals surface area contributed by atoms with Gasteiger partial charge in [0.05, 0.1) is 13.2 Å². The van der Waals surface area contributed by atoms with Crippen LogP contribution in [-0.4, -0.2) is 39.0 Å². The molecule has 3 unspecified atom stereocenters. The van der Waals surface area contributed by atoms with Crippen molar-refractivity contribution >= 4 is 0 Å². The summed E-state index contributed by atoms with van der Waals surface area (Å²) < 4.78 is 11.1. The van der Waals surface area contributed by atoms with Crippen LogP contribution in [0, 0.1) is 5.92 Å². The lowest BCUT2D eigenvalue weighted by Gasteiger charge is -2.31. The van der Waals surface area contributed by atoms with Crippen LogP contribution in [0.25, 0.3) is 0 Å². The standard InChI is InChI=1S/C11H16O6/c1-2-8(10-12-4-6-14-16-10)9(3-1)11-13-5-7-15-17-11/h2,9-11H,1,3-7H2. The Morgan fingerprint density at radius 1 is 0.941 bits per heavy atom. The Labute approximate surface area is 99.2 Å². The highest BCUT2D eigenvalue weighted by atomic mass is 17.2. The highest BCUT2D eigenvalue weighted by molar-refractivity contribution is 5.16. The van der Waals surface area contributed by atoms with Crippen molar-refractivity contribution in [3.8, 4) is 0 Å². The minimum absolute atomic E-state index is 0.113. The molecule has 0 saturated carbocycles. The van der Waals surface area contributed by atoms with E-state index in [-0.39, 0.29) is 12.2 Å². The summed E-state index contributed by atoms with van der Waals surface area (Å²) >= 11 is 0. The fourth-order valence-electron chi connectivity index (χ4n) is 2.31. The Kier molecular flexibility index (Phi) is 3.70. The van der Waals surface area contributed by atoms with Crippen LogP contribution < -0.4 is 0 Å². The summed E-state index contributed by atoms with van der Waals surface area (Å²) in [6.07, 6.45) is 3.21. The minimum Gasteiger partial charge on any atom is -0.347 e. The predicted octanol–water partition coefficient (Wildman–Crippen LogP) is 0.932.